The summed E-state index contributed by atoms with van der Waals surface area (Å²) in [6.45, 7) is 0.702. The van der Waals surface area contributed by atoms with Crippen molar-refractivity contribution in [1.82, 2.24) is 10.2 Å². The van der Waals surface area contributed by atoms with Crippen LogP contribution < -0.4 is 5.32 Å². The third kappa shape index (κ3) is 1.76. The molecular formula is C9H10N2O3. The standard InChI is InChI=1S/C9H10N2O3/c12-8-5-11(9(13)10-8)3-1-7-2-4-14-6-7/h2,4,6H,1,3,5H2,(H,10,12,13). The Labute approximate surface area is 80.7 Å². The lowest BCUT2D eigenvalue weighted by molar-refractivity contribution is -0.118. The summed E-state index contributed by atoms with van der Waals surface area (Å²) in [6.07, 6.45) is 3.93. The molecular weight excluding hydrogens is 184 g/mol. The molecule has 0 spiro atoms. The molecule has 5 nitrogen and oxygen atoms in total. The largest absolute Gasteiger partial charge is 0.472 e. The number of nitrogens with one attached hydrogen (secondary N) is 1. The van der Waals surface area contributed by atoms with Crippen LogP contribution in [0.5, 0.6) is 0 Å². The number of imide groups is 1. The van der Waals surface area contributed by atoms with E-state index in [4.69, 9.17) is 4.42 Å². The van der Waals surface area contributed by atoms with Crippen LogP contribution in [0.3, 0.4) is 0 Å². The van der Waals surface area contributed by atoms with Crippen LogP contribution in [0.1, 0.15) is 5.56 Å². The zero-order chi connectivity index (χ0) is 9.97. The highest BCUT2D eigenvalue weighted by atomic mass is 16.3. The third-order valence-electron chi connectivity index (χ3n) is 2.12. The first-order chi connectivity index (χ1) is 6.75. The fourth-order valence-corrected chi connectivity index (χ4v) is 1.36. The lowest BCUT2D eigenvalue weighted by Gasteiger charge is -2.11. The van der Waals surface area contributed by atoms with E-state index in [-0.39, 0.29) is 18.5 Å². The first kappa shape index (κ1) is 8.80. The van der Waals surface area contributed by atoms with Gasteiger partial charge in [0.2, 0.25) is 5.91 Å². The van der Waals surface area contributed by atoms with E-state index in [1.165, 1.54) is 4.90 Å². The lowest BCUT2D eigenvalue weighted by Crippen LogP contribution is -2.29. The van der Waals surface area contributed by atoms with Crippen molar-refractivity contribution >= 4 is 11.9 Å². The van der Waals surface area contributed by atoms with Crippen LogP contribution in [0.15, 0.2) is 23.0 Å². The molecule has 1 aliphatic heterocycles. The summed E-state index contributed by atoms with van der Waals surface area (Å²) in [5, 5.41) is 2.22. The Morgan fingerprint density at radius 3 is 2.93 bits per heavy atom. The van der Waals surface area contributed by atoms with Crippen molar-refractivity contribution in [3.05, 3.63) is 24.2 Å². The topological polar surface area (TPSA) is 62.6 Å². The molecule has 0 saturated carbocycles. The molecule has 0 bridgehead atoms. The summed E-state index contributed by atoms with van der Waals surface area (Å²) in [7, 11) is 0. The van der Waals surface area contributed by atoms with Crippen LogP contribution in [0.2, 0.25) is 0 Å². The predicted octanol–water partition coefficient (Wildman–Crippen LogP) is 0.374. The summed E-state index contributed by atoms with van der Waals surface area (Å²) < 4.78 is 4.89. The molecule has 1 saturated heterocycles. The van der Waals surface area contributed by atoms with Gasteiger partial charge in [-0.05, 0) is 18.1 Å². The molecule has 1 N–H and O–H groups in total. The second kappa shape index (κ2) is 3.53. The fraction of sp³-hybridized carbons (Fsp3) is 0.333. The molecule has 0 aliphatic carbocycles. The van der Waals surface area contributed by atoms with E-state index in [9.17, 15) is 9.59 Å². The maximum Gasteiger partial charge on any atom is 0.324 e. The normalized spacial score (nSPS) is 16.1. The van der Waals surface area contributed by atoms with Gasteiger partial charge >= 0.3 is 6.03 Å². The smallest absolute Gasteiger partial charge is 0.324 e. The second-order valence-electron chi connectivity index (χ2n) is 3.16. The molecule has 1 aromatic heterocycles. The van der Waals surface area contributed by atoms with Gasteiger partial charge in [-0.1, -0.05) is 0 Å². The number of amides is 3. The van der Waals surface area contributed by atoms with Crippen molar-refractivity contribution in [3.63, 3.8) is 0 Å². The highest BCUT2D eigenvalue weighted by Crippen LogP contribution is 2.04. The minimum atomic E-state index is -0.307. The maximum absolute atomic E-state index is 11.1. The fourth-order valence-electron chi connectivity index (χ4n) is 1.36. The monoisotopic (exact) mass is 194 g/mol. The Morgan fingerprint density at radius 2 is 2.36 bits per heavy atom. The zero-order valence-corrected chi connectivity index (χ0v) is 7.53. The number of carbonyl (C=O) groups is 2. The summed E-state index contributed by atoms with van der Waals surface area (Å²) in [4.78, 5) is 23.4. The first-order valence-electron chi connectivity index (χ1n) is 4.35. The summed E-state index contributed by atoms with van der Waals surface area (Å²) in [5.41, 5.74) is 1.03. The highest BCUT2D eigenvalue weighted by molar-refractivity contribution is 6.01. The molecule has 2 rings (SSSR count). The molecule has 0 radical (unpaired) electrons. The maximum atomic E-state index is 11.1. The van der Waals surface area contributed by atoms with Gasteiger partial charge in [0.1, 0.15) is 6.54 Å². The molecule has 0 unspecified atom stereocenters. The van der Waals surface area contributed by atoms with Crippen LogP contribution in [0.25, 0.3) is 0 Å². The Kier molecular flexibility index (Phi) is 2.22. The molecule has 2 heterocycles. The highest BCUT2D eigenvalue weighted by Gasteiger charge is 2.25. The summed E-state index contributed by atoms with van der Waals surface area (Å²) >= 11 is 0. The number of urea groups is 1. The van der Waals surface area contributed by atoms with Crippen molar-refractivity contribution in [3.8, 4) is 0 Å². The average Bonchev–Trinajstić information content (AvgIpc) is 2.72. The van der Waals surface area contributed by atoms with Crippen LogP contribution in [0.4, 0.5) is 4.79 Å². The number of hydrogen-bond acceptors (Lipinski definition) is 3. The van der Waals surface area contributed by atoms with Crippen LogP contribution in [-0.2, 0) is 11.2 Å². The summed E-state index contributed by atoms with van der Waals surface area (Å²) in [5.74, 6) is -0.234. The van der Waals surface area contributed by atoms with Crippen LogP contribution >= 0.6 is 0 Å². The van der Waals surface area contributed by atoms with Gasteiger partial charge in [0, 0.05) is 6.54 Å². The molecule has 1 aromatic rings. The Hall–Kier alpha value is -1.78. The average molecular weight is 194 g/mol. The number of carbonyl (C=O) groups excluding carboxylic acids is 2. The molecule has 14 heavy (non-hydrogen) atoms. The zero-order valence-electron chi connectivity index (χ0n) is 7.53. The molecule has 0 atom stereocenters. The van der Waals surface area contributed by atoms with E-state index >= 15 is 0 Å². The minimum Gasteiger partial charge on any atom is -0.472 e. The van der Waals surface area contributed by atoms with E-state index in [1.807, 2.05) is 6.07 Å². The van der Waals surface area contributed by atoms with Crippen LogP contribution in [0, 0.1) is 0 Å². The van der Waals surface area contributed by atoms with Gasteiger partial charge in [0.25, 0.3) is 0 Å². The Morgan fingerprint density at radius 1 is 1.50 bits per heavy atom. The number of rotatable bonds is 3. The number of hydrogen-bond donors (Lipinski definition) is 1. The Balaban J connectivity index is 1.87. The molecule has 1 aliphatic rings. The predicted molar refractivity (Wildman–Crippen MR) is 47.5 cm³/mol. The van der Waals surface area contributed by atoms with Gasteiger partial charge in [0.05, 0.1) is 12.5 Å². The van der Waals surface area contributed by atoms with Gasteiger partial charge in [-0.25, -0.2) is 4.79 Å². The van der Waals surface area contributed by atoms with E-state index in [0.29, 0.717) is 13.0 Å². The molecule has 1 fully saturated rings. The van der Waals surface area contributed by atoms with Crippen LogP contribution in [-0.4, -0.2) is 29.9 Å². The van der Waals surface area contributed by atoms with E-state index in [1.54, 1.807) is 12.5 Å². The molecule has 5 heteroatoms. The quantitative estimate of drug-likeness (QED) is 0.707. The summed E-state index contributed by atoms with van der Waals surface area (Å²) in [6, 6.07) is 1.54. The second-order valence-corrected chi connectivity index (χ2v) is 3.16. The molecule has 3 amide bonds. The van der Waals surface area contributed by atoms with Crippen molar-refractivity contribution < 1.29 is 14.0 Å². The van der Waals surface area contributed by atoms with E-state index in [2.05, 4.69) is 5.32 Å². The van der Waals surface area contributed by atoms with E-state index < -0.39 is 0 Å². The van der Waals surface area contributed by atoms with Gasteiger partial charge in [-0.3, -0.25) is 10.1 Å². The van der Waals surface area contributed by atoms with Crippen molar-refractivity contribution in [2.45, 2.75) is 6.42 Å². The lowest BCUT2D eigenvalue weighted by atomic mass is 10.2. The Bertz CT molecular complexity index is 345. The number of furan rings is 1. The van der Waals surface area contributed by atoms with Crippen molar-refractivity contribution in [1.29, 1.82) is 0 Å². The SMILES string of the molecule is O=C1CN(CCc2ccoc2)C(=O)N1. The minimum absolute atomic E-state index is 0.163. The van der Waals surface area contributed by atoms with Gasteiger partial charge in [0.15, 0.2) is 0 Å². The third-order valence-corrected chi connectivity index (χ3v) is 2.12. The van der Waals surface area contributed by atoms with Gasteiger partial charge < -0.3 is 9.32 Å². The van der Waals surface area contributed by atoms with Crippen molar-refractivity contribution in [2.24, 2.45) is 0 Å². The number of nitrogens with zero attached hydrogens (tertiary/aromatic N) is 1. The molecule has 74 valence electrons. The van der Waals surface area contributed by atoms with E-state index in [0.717, 1.165) is 5.56 Å². The van der Waals surface area contributed by atoms with Gasteiger partial charge in [-0.15, -0.1) is 0 Å². The first-order valence-corrected chi connectivity index (χ1v) is 4.35. The van der Waals surface area contributed by atoms with Gasteiger partial charge in [-0.2, -0.15) is 0 Å². The van der Waals surface area contributed by atoms with Crippen molar-refractivity contribution in [2.75, 3.05) is 13.1 Å². The molecule has 0 aromatic carbocycles.